The minimum absolute atomic E-state index is 0.0923. The third kappa shape index (κ3) is 7.45. The topological polar surface area (TPSA) is 121 Å². The van der Waals surface area contributed by atoms with Gasteiger partial charge < -0.3 is 29.6 Å². The molecule has 0 aliphatic heterocycles. The first kappa shape index (κ1) is 28.9. The van der Waals surface area contributed by atoms with E-state index in [4.69, 9.17) is 18.9 Å². The number of hydrogen-bond donors (Lipinski definition) is 4. The van der Waals surface area contributed by atoms with Crippen molar-refractivity contribution in [3.63, 3.8) is 0 Å². The minimum Gasteiger partial charge on any atom is -0.497 e. The number of hydrogen-bond acceptors (Lipinski definition) is 10. The molecule has 2 N–H and O–H groups in total. The van der Waals surface area contributed by atoms with Gasteiger partial charge in [0.05, 0.1) is 31.5 Å². The third-order valence-corrected chi connectivity index (χ3v) is 6.22. The summed E-state index contributed by atoms with van der Waals surface area (Å²) >= 11 is 8.74. The number of amides is 2. The number of methoxy groups -OCH3 is 2. The molecule has 38 heavy (non-hydrogen) atoms. The van der Waals surface area contributed by atoms with Crippen molar-refractivity contribution >= 4 is 48.6 Å². The highest BCUT2D eigenvalue weighted by atomic mass is 32.1. The molecule has 0 saturated heterocycles. The van der Waals surface area contributed by atoms with Gasteiger partial charge in [-0.15, -0.1) is 25.3 Å². The second-order valence-corrected chi connectivity index (χ2v) is 9.03. The van der Waals surface area contributed by atoms with E-state index in [0.717, 1.165) is 0 Å². The average Bonchev–Trinajstić information content (AvgIpc) is 2.93. The molecule has 0 saturated carbocycles. The fourth-order valence-electron chi connectivity index (χ4n) is 3.17. The van der Waals surface area contributed by atoms with Gasteiger partial charge in [-0.1, -0.05) is 13.8 Å². The van der Waals surface area contributed by atoms with Gasteiger partial charge in [0.15, 0.2) is 5.82 Å². The summed E-state index contributed by atoms with van der Waals surface area (Å²) in [5, 5.41) is 5.45. The van der Waals surface area contributed by atoms with Crippen LogP contribution in [-0.4, -0.2) is 46.9 Å². The Morgan fingerprint density at radius 2 is 1.34 bits per heavy atom. The predicted octanol–water partition coefficient (Wildman–Crippen LogP) is 5.09. The summed E-state index contributed by atoms with van der Waals surface area (Å²) in [5.41, 5.74) is -0.187. The lowest BCUT2D eigenvalue weighted by atomic mass is 10.1. The molecule has 1 heterocycles. The van der Waals surface area contributed by atoms with Crippen LogP contribution in [0.15, 0.2) is 48.9 Å². The zero-order chi connectivity index (χ0) is 27.7. The van der Waals surface area contributed by atoms with Gasteiger partial charge >= 0.3 is 0 Å². The number of aromatic nitrogens is 2. The lowest BCUT2D eigenvalue weighted by molar-refractivity contribution is 0.101. The Bertz CT molecular complexity index is 1180. The summed E-state index contributed by atoms with van der Waals surface area (Å²) in [4.78, 5) is 34.6. The van der Waals surface area contributed by atoms with Crippen molar-refractivity contribution < 1.29 is 28.5 Å². The third-order valence-electron chi connectivity index (χ3n) is 5.28. The first-order valence-corrected chi connectivity index (χ1v) is 12.8. The number of nitrogens with one attached hydrogen (secondary N) is 2. The lowest BCUT2D eigenvalue weighted by Crippen LogP contribution is -2.20. The van der Waals surface area contributed by atoms with Gasteiger partial charge in [0.1, 0.15) is 45.9 Å². The molecule has 12 heteroatoms. The summed E-state index contributed by atoms with van der Waals surface area (Å²) in [5.74, 6) is 0.709. The van der Waals surface area contributed by atoms with Crippen LogP contribution in [0.1, 0.15) is 47.4 Å². The van der Waals surface area contributed by atoms with Gasteiger partial charge in [-0.2, -0.15) is 0 Å². The number of ether oxygens (including phenoxy) is 4. The van der Waals surface area contributed by atoms with Crippen molar-refractivity contribution in [2.45, 2.75) is 37.6 Å². The molecule has 0 bridgehead atoms. The first-order chi connectivity index (χ1) is 18.3. The van der Waals surface area contributed by atoms with E-state index < -0.39 is 22.7 Å². The fraction of sp³-hybridized carbons (Fsp3) is 0.308. The molecule has 2 amide bonds. The molecular formula is C26H30N4O6S2. The van der Waals surface area contributed by atoms with E-state index in [9.17, 15) is 9.59 Å². The number of benzene rings is 2. The van der Waals surface area contributed by atoms with Crippen LogP contribution in [0.5, 0.6) is 23.0 Å². The highest BCUT2D eigenvalue weighted by molar-refractivity contribution is 7.80. The van der Waals surface area contributed by atoms with Gasteiger partial charge in [-0.3, -0.25) is 9.59 Å². The molecule has 2 unspecified atom stereocenters. The lowest BCUT2D eigenvalue weighted by Gasteiger charge is -2.18. The highest BCUT2D eigenvalue weighted by Gasteiger charge is 2.21. The Balaban J connectivity index is 1.87. The minimum atomic E-state index is -0.511. The zero-order valence-corrected chi connectivity index (χ0v) is 23.2. The average molecular weight is 559 g/mol. The number of anilines is 2. The van der Waals surface area contributed by atoms with E-state index in [1.807, 2.05) is 13.8 Å². The molecule has 10 nitrogen and oxygen atoms in total. The standard InChI is InChI=1S/C26H30N4O6S2/c1-5-22(37)35-20-11-15(33-3)7-9-17(20)25(31)29-19-13-27-14-28-24(19)30-26(32)18-10-8-16(34-4)12-21(18)36-23(38)6-2/h7-14,22-23,37-38H,5-6H2,1-4H3,(H,29,31)(H,27,28,30,32). The predicted molar refractivity (Wildman–Crippen MR) is 151 cm³/mol. The molecule has 2 aromatic carbocycles. The maximum atomic E-state index is 13.2. The summed E-state index contributed by atoms with van der Waals surface area (Å²) in [6.07, 6.45) is 3.87. The summed E-state index contributed by atoms with van der Waals surface area (Å²) in [6.45, 7) is 3.82. The number of carbonyl (C=O) groups is 2. The van der Waals surface area contributed by atoms with E-state index >= 15 is 0 Å². The molecule has 0 radical (unpaired) electrons. The van der Waals surface area contributed by atoms with Crippen LogP contribution < -0.4 is 29.6 Å². The molecule has 0 fully saturated rings. The van der Waals surface area contributed by atoms with Crippen molar-refractivity contribution in [3.05, 3.63) is 60.0 Å². The van der Waals surface area contributed by atoms with Crippen LogP contribution in [0.3, 0.4) is 0 Å². The van der Waals surface area contributed by atoms with E-state index in [0.29, 0.717) is 35.8 Å². The van der Waals surface area contributed by atoms with Gasteiger partial charge in [0.25, 0.3) is 11.8 Å². The number of rotatable bonds is 12. The summed E-state index contributed by atoms with van der Waals surface area (Å²) in [7, 11) is 3.04. The van der Waals surface area contributed by atoms with Crippen LogP contribution >= 0.6 is 25.3 Å². The molecule has 2 atom stereocenters. The van der Waals surface area contributed by atoms with E-state index in [-0.39, 0.29) is 22.6 Å². The van der Waals surface area contributed by atoms with Crippen molar-refractivity contribution in [2.24, 2.45) is 0 Å². The van der Waals surface area contributed by atoms with Crippen LogP contribution in [0.25, 0.3) is 0 Å². The molecule has 3 rings (SSSR count). The summed E-state index contributed by atoms with van der Waals surface area (Å²) < 4.78 is 22.1. The van der Waals surface area contributed by atoms with Crippen LogP contribution in [0.2, 0.25) is 0 Å². The smallest absolute Gasteiger partial charge is 0.260 e. The second-order valence-electron chi connectivity index (χ2n) is 7.88. The molecule has 1 aromatic heterocycles. The SMILES string of the molecule is CCC(S)Oc1cc(OC)ccc1C(=O)Nc1cncnc1NC(=O)c1ccc(OC)cc1OC(S)CC. The molecule has 0 spiro atoms. The van der Waals surface area contributed by atoms with Crippen LogP contribution in [-0.2, 0) is 0 Å². The Hall–Kier alpha value is -3.64. The van der Waals surface area contributed by atoms with Crippen molar-refractivity contribution in [2.75, 3.05) is 24.9 Å². The highest BCUT2D eigenvalue weighted by Crippen LogP contribution is 2.30. The number of nitrogens with zero attached hydrogens (tertiary/aromatic N) is 2. The fourth-order valence-corrected chi connectivity index (χ4v) is 3.40. The Kier molecular flexibility index (Phi) is 10.5. The van der Waals surface area contributed by atoms with Gasteiger partial charge in [0.2, 0.25) is 0 Å². The summed E-state index contributed by atoms with van der Waals surface area (Å²) in [6, 6.07) is 9.63. The first-order valence-electron chi connectivity index (χ1n) is 11.8. The number of carbonyl (C=O) groups excluding carboxylic acids is 2. The van der Waals surface area contributed by atoms with Crippen molar-refractivity contribution in [1.82, 2.24) is 9.97 Å². The molecule has 0 aliphatic carbocycles. The van der Waals surface area contributed by atoms with Gasteiger partial charge in [-0.25, -0.2) is 9.97 Å². The Morgan fingerprint density at radius 1 is 0.842 bits per heavy atom. The molecule has 3 aromatic rings. The normalized spacial score (nSPS) is 12.2. The van der Waals surface area contributed by atoms with Crippen LogP contribution in [0, 0.1) is 0 Å². The van der Waals surface area contributed by atoms with E-state index in [2.05, 4.69) is 45.9 Å². The van der Waals surface area contributed by atoms with E-state index in [1.165, 1.54) is 26.7 Å². The molecular weight excluding hydrogens is 528 g/mol. The Morgan fingerprint density at radius 3 is 1.82 bits per heavy atom. The maximum Gasteiger partial charge on any atom is 0.260 e. The van der Waals surface area contributed by atoms with Crippen molar-refractivity contribution in [3.8, 4) is 23.0 Å². The zero-order valence-electron chi connectivity index (χ0n) is 21.4. The van der Waals surface area contributed by atoms with Gasteiger partial charge in [0, 0.05) is 12.1 Å². The number of thiol groups is 2. The molecule has 202 valence electrons. The van der Waals surface area contributed by atoms with Gasteiger partial charge in [-0.05, 0) is 37.1 Å². The largest absolute Gasteiger partial charge is 0.497 e. The Labute approximate surface area is 232 Å². The quantitative estimate of drug-likeness (QED) is 0.179. The van der Waals surface area contributed by atoms with Crippen LogP contribution in [0.4, 0.5) is 11.5 Å². The maximum absolute atomic E-state index is 13.2. The monoisotopic (exact) mass is 558 g/mol. The molecule has 0 aliphatic rings. The van der Waals surface area contributed by atoms with Crippen molar-refractivity contribution in [1.29, 1.82) is 0 Å². The van der Waals surface area contributed by atoms with E-state index in [1.54, 1.807) is 36.4 Å². The second kappa shape index (κ2) is 13.8.